The van der Waals surface area contributed by atoms with Gasteiger partial charge in [0.15, 0.2) is 0 Å². The summed E-state index contributed by atoms with van der Waals surface area (Å²) in [6, 6.07) is 3.70. The lowest BCUT2D eigenvalue weighted by molar-refractivity contribution is -0.125. The van der Waals surface area contributed by atoms with Crippen molar-refractivity contribution < 1.29 is 17.6 Å². The minimum Gasteiger partial charge on any atom is -0.465 e. The van der Waals surface area contributed by atoms with E-state index in [1.807, 2.05) is 19.1 Å². The van der Waals surface area contributed by atoms with E-state index < -0.39 is 10.0 Å². The highest BCUT2D eigenvalue weighted by Crippen LogP contribution is 2.32. The Balaban J connectivity index is 1.74. The van der Waals surface area contributed by atoms with Crippen LogP contribution < -0.4 is 5.32 Å². The van der Waals surface area contributed by atoms with E-state index in [0.717, 1.165) is 50.3 Å². The number of hydrogen-bond acceptors (Lipinski definition) is 5. The van der Waals surface area contributed by atoms with Gasteiger partial charge in [-0.05, 0) is 44.9 Å². The third-order valence-electron chi connectivity index (χ3n) is 5.37. The predicted molar refractivity (Wildman–Crippen MR) is 99.0 cm³/mol. The van der Waals surface area contributed by atoms with Gasteiger partial charge in [0.05, 0.1) is 18.7 Å². The number of fused-ring (bicyclic) bond motifs is 1. The van der Waals surface area contributed by atoms with Gasteiger partial charge in [-0.25, -0.2) is 8.42 Å². The standard InChI is InChI=1S/C18H29N3O4S/c1-14-7-8-15(25-14)13-20-10-4-11-21(26(2,23)24)17-6-3-5-16(17)18(22)19-9-12-20/h7-8,16-17H,3-6,9-13H2,1-2H3,(H,19,22). The van der Waals surface area contributed by atoms with E-state index in [-0.39, 0.29) is 17.9 Å². The van der Waals surface area contributed by atoms with Gasteiger partial charge in [-0.15, -0.1) is 0 Å². The van der Waals surface area contributed by atoms with Crippen LogP contribution in [-0.2, 0) is 21.4 Å². The normalized spacial score (nSPS) is 26.9. The molecule has 1 N–H and O–H groups in total. The molecule has 2 fully saturated rings. The van der Waals surface area contributed by atoms with Crippen LogP contribution in [0.4, 0.5) is 0 Å². The minimum atomic E-state index is -3.34. The molecular formula is C18H29N3O4S. The Hall–Kier alpha value is -1.38. The second kappa shape index (κ2) is 8.10. The summed E-state index contributed by atoms with van der Waals surface area (Å²) < 4.78 is 31.9. The Morgan fingerprint density at radius 1 is 1.19 bits per heavy atom. The van der Waals surface area contributed by atoms with Crippen LogP contribution in [0.15, 0.2) is 16.5 Å². The lowest BCUT2D eigenvalue weighted by atomic mass is 10.0. The quantitative estimate of drug-likeness (QED) is 0.852. The zero-order valence-electron chi connectivity index (χ0n) is 15.6. The van der Waals surface area contributed by atoms with Crippen molar-refractivity contribution in [3.8, 4) is 0 Å². The summed E-state index contributed by atoms with van der Waals surface area (Å²) in [4.78, 5) is 14.8. The van der Waals surface area contributed by atoms with Crippen molar-refractivity contribution in [1.29, 1.82) is 0 Å². The van der Waals surface area contributed by atoms with Crippen LogP contribution in [0.5, 0.6) is 0 Å². The van der Waals surface area contributed by atoms with Gasteiger partial charge in [0.25, 0.3) is 0 Å². The summed E-state index contributed by atoms with van der Waals surface area (Å²) in [5.41, 5.74) is 0. The Morgan fingerprint density at radius 3 is 2.69 bits per heavy atom. The molecular weight excluding hydrogens is 354 g/mol. The number of nitrogens with zero attached hydrogens (tertiary/aromatic N) is 2. The molecule has 0 bridgehead atoms. The number of amides is 1. The summed E-state index contributed by atoms with van der Waals surface area (Å²) >= 11 is 0. The Kier molecular flexibility index (Phi) is 6.04. The lowest BCUT2D eigenvalue weighted by Crippen LogP contribution is -2.47. The number of hydrogen-bond donors (Lipinski definition) is 1. The summed E-state index contributed by atoms with van der Waals surface area (Å²) in [5.74, 6) is 1.52. The van der Waals surface area contributed by atoms with Crippen LogP contribution >= 0.6 is 0 Å². The zero-order chi connectivity index (χ0) is 18.7. The molecule has 26 heavy (non-hydrogen) atoms. The van der Waals surface area contributed by atoms with Crippen molar-refractivity contribution in [2.75, 3.05) is 32.4 Å². The number of carbonyl (C=O) groups is 1. The number of carbonyl (C=O) groups excluding carboxylic acids is 1. The van der Waals surface area contributed by atoms with Gasteiger partial charge in [-0.3, -0.25) is 9.69 Å². The van der Waals surface area contributed by atoms with E-state index in [1.165, 1.54) is 6.26 Å². The average molecular weight is 384 g/mol. The van der Waals surface area contributed by atoms with E-state index in [1.54, 1.807) is 4.31 Å². The minimum absolute atomic E-state index is 0.0168. The molecule has 1 saturated carbocycles. The Labute approximate surface area is 155 Å². The van der Waals surface area contributed by atoms with Crippen LogP contribution in [-0.4, -0.2) is 62.0 Å². The van der Waals surface area contributed by atoms with Gasteiger partial charge in [0.1, 0.15) is 11.5 Å². The molecule has 2 heterocycles. The highest BCUT2D eigenvalue weighted by atomic mass is 32.2. The first-order valence-electron chi connectivity index (χ1n) is 9.37. The fourth-order valence-electron chi connectivity index (χ4n) is 4.15. The molecule has 1 aliphatic carbocycles. The number of aryl methyl sites for hydroxylation is 1. The molecule has 2 aliphatic rings. The molecule has 1 aromatic rings. The van der Waals surface area contributed by atoms with Crippen LogP contribution in [0.3, 0.4) is 0 Å². The highest BCUT2D eigenvalue weighted by molar-refractivity contribution is 7.88. The third kappa shape index (κ3) is 4.66. The van der Waals surface area contributed by atoms with E-state index in [0.29, 0.717) is 19.6 Å². The molecule has 0 aromatic carbocycles. The molecule has 0 radical (unpaired) electrons. The van der Waals surface area contributed by atoms with E-state index >= 15 is 0 Å². The summed E-state index contributed by atoms with van der Waals surface area (Å²) in [5, 5.41) is 3.01. The van der Waals surface area contributed by atoms with Crippen LogP contribution in [0.25, 0.3) is 0 Å². The molecule has 7 nitrogen and oxygen atoms in total. The molecule has 1 amide bonds. The fraction of sp³-hybridized carbons (Fsp3) is 0.722. The van der Waals surface area contributed by atoms with Gasteiger partial charge in [-0.2, -0.15) is 4.31 Å². The Bertz CT molecular complexity index is 731. The van der Waals surface area contributed by atoms with Gasteiger partial charge >= 0.3 is 0 Å². The van der Waals surface area contributed by atoms with Crippen molar-refractivity contribution >= 4 is 15.9 Å². The average Bonchev–Trinajstić information content (AvgIpc) is 3.18. The van der Waals surface area contributed by atoms with Crippen molar-refractivity contribution in [3.63, 3.8) is 0 Å². The summed E-state index contributed by atoms with van der Waals surface area (Å²) in [6.45, 7) is 5.09. The molecule has 2 unspecified atom stereocenters. The molecule has 8 heteroatoms. The van der Waals surface area contributed by atoms with E-state index in [9.17, 15) is 13.2 Å². The molecule has 1 aromatic heterocycles. The monoisotopic (exact) mass is 383 g/mol. The highest BCUT2D eigenvalue weighted by Gasteiger charge is 2.40. The summed E-state index contributed by atoms with van der Waals surface area (Å²) in [7, 11) is -3.34. The maximum atomic E-state index is 12.6. The summed E-state index contributed by atoms with van der Waals surface area (Å²) in [6.07, 6.45) is 4.42. The van der Waals surface area contributed by atoms with Crippen LogP contribution in [0.2, 0.25) is 0 Å². The van der Waals surface area contributed by atoms with E-state index in [4.69, 9.17) is 4.42 Å². The van der Waals surface area contributed by atoms with Crippen LogP contribution in [0.1, 0.15) is 37.2 Å². The van der Waals surface area contributed by atoms with Gasteiger partial charge in [-0.1, -0.05) is 6.42 Å². The third-order valence-corrected chi connectivity index (χ3v) is 6.67. The molecule has 146 valence electrons. The fourth-order valence-corrected chi connectivity index (χ4v) is 5.35. The number of sulfonamides is 1. The second-order valence-corrected chi connectivity index (χ2v) is 9.35. The second-order valence-electron chi connectivity index (χ2n) is 7.41. The van der Waals surface area contributed by atoms with Gasteiger partial charge in [0.2, 0.25) is 15.9 Å². The largest absolute Gasteiger partial charge is 0.465 e. The van der Waals surface area contributed by atoms with Crippen molar-refractivity contribution in [2.45, 2.75) is 45.2 Å². The zero-order valence-corrected chi connectivity index (χ0v) is 16.4. The first-order chi connectivity index (χ1) is 12.3. The molecule has 3 rings (SSSR count). The van der Waals surface area contributed by atoms with Gasteiger partial charge in [0, 0.05) is 25.7 Å². The molecule has 1 aliphatic heterocycles. The van der Waals surface area contributed by atoms with Crippen LogP contribution in [0, 0.1) is 12.8 Å². The first-order valence-corrected chi connectivity index (χ1v) is 11.2. The molecule has 0 spiro atoms. The lowest BCUT2D eigenvalue weighted by Gasteiger charge is -2.30. The van der Waals surface area contributed by atoms with Crippen molar-refractivity contribution in [3.05, 3.63) is 23.7 Å². The SMILES string of the molecule is Cc1ccc(CN2CCCN(S(C)(=O)=O)C3CCCC3C(=O)NCC2)o1. The predicted octanol–water partition coefficient (Wildman–Crippen LogP) is 1.34. The number of furan rings is 1. The van der Waals surface area contributed by atoms with Crippen molar-refractivity contribution in [1.82, 2.24) is 14.5 Å². The van der Waals surface area contributed by atoms with Gasteiger partial charge < -0.3 is 9.73 Å². The molecule has 2 atom stereocenters. The topological polar surface area (TPSA) is 82.9 Å². The smallest absolute Gasteiger partial charge is 0.224 e. The molecule has 1 saturated heterocycles. The van der Waals surface area contributed by atoms with Crippen molar-refractivity contribution in [2.24, 2.45) is 5.92 Å². The maximum Gasteiger partial charge on any atom is 0.224 e. The number of rotatable bonds is 3. The first kappa shape index (κ1) is 19.4. The maximum absolute atomic E-state index is 12.6. The van der Waals surface area contributed by atoms with E-state index in [2.05, 4.69) is 10.2 Å². The number of nitrogens with one attached hydrogen (secondary N) is 1. The Morgan fingerprint density at radius 2 is 2.00 bits per heavy atom.